The van der Waals surface area contributed by atoms with Crippen LogP contribution in [0.4, 0.5) is 0 Å². The van der Waals surface area contributed by atoms with Crippen LogP contribution < -0.4 is 22.1 Å². The minimum absolute atomic E-state index is 0.0169. The molecule has 2 atom stereocenters. The lowest BCUT2D eigenvalue weighted by Crippen LogP contribution is -2.50. The van der Waals surface area contributed by atoms with E-state index in [1.54, 1.807) is 49.4 Å². The van der Waals surface area contributed by atoms with E-state index in [-0.39, 0.29) is 11.7 Å². The lowest BCUT2D eigenvalue weighted by Gasteiger charge is -2.17. The Morgan fingerprint density at radius 1 is 1.03 bits per heavy atom. The first kappa shape index (κ1) is 23.7. The third-order valence-corrected chi connectivity index (χ3v) is 4.92. The van der Waals surface area contributed by atoms with Crippen molar-refractivity contribution in [1.82, 2.24) is 10.6 Å². The van der Waals surface area contributed by atoms with E-state index in [1.165, 1.54) is 0 Å². The first-order valence-corrected chi connectivity index (χ1v) is 10.1. The highest BCUT2D eigenvalue weighted by Crippen LogP contribution is 2.20. The molecule has 0 saturated heterocycles. The summed E-state index contributed by atoms with van der Waals surface area (Å²) in [4.78, 5) is 24.5. The van der Waals surface area contributed by atoms with Crippen LogP contribution in [0.2, 0.25) is 10.0 Å². The fourth-order valence-electron chi connectivity index (χ4n) is 2.74. The van der Waals surface area contributed by atoms with Gasteiger partial charge >= 0.3 is 0 Å². The van der Waals surface area contributed by atoms with Gasteiger partial charge in [0.05, 0.1) is 6.04 Å². The van der Waals surface area contributed by atoms with Crippen LogP contribution in [0.15, 0.2) is 42.5 Å². The summed E-state index contributed by atoms with van der Waals surface area (Å²) in [6.07, 6.45) is 0.922. The molecule has 0 radical (unpaired) electrons. The molecule has 7 N–H and O–H groups in total. The van der Waals surface area contributed by atoms with Gasteiger partial charge in [-0.1, -0.05) is 47.5 Å². The van der Waals surface area contributed by atoms with Gasteiger partial charge in [-0.05, 0) is 49.1 Å². The molecule has 2 amide bonds. The van der Waals surface area contributed by atoms with Gasteiger partial charge in [0.15, 0.2) is 0 Å². The van der Waals surface area contributed by atoms with Crippen LogP contribution in [0.25, 0.3) is 0 Å². The standard InChI is InChI=1S/C21H25Cl2N5O2/c1-12(20(29)27-11-13-2-5-15(6-3-13)19(25)26)28-21(30)18(24)7-4-14-8-16(22)10-17(23)9-14/h2-3,5-6,8-10,12,18H,4,7,11,24H2,1H3,(H3,25,26)(H,27,29)(H,28,30)/t12-,18+/m0/s1. The predicted octanol–water partition coefficient (Wildman–Crippen LogP) is 2.36. The Kier molecular flexibility index (Phi) is 8.65. The van der Waals surface area contributed by atoms with Crippen LogP contribution >= 0.6 is 23.2 Å². The minimum atomic E-state index is -0.767. The van der Waals surface area contributed by atoms with Gasteiger partial charge in [0.2, 0.25) is 11.8 Å². The molecule has 0 heterocycles. The summed E-state index contributed by atoms with van der Waals surface area (Å²) in [5, 5.41) is 13.8. The van der Waals surface area contributed by atoms with Gasteiger partial charge in [-0.15, -0.1) is 0 Å². The second-order valence-corrected chi connectivity index (χ2v) is 7.85. The van der Waals surface area contributed by atoms with E-state index in [0.29, 0.717) is 35.0 Å². The summed E-state index contributed by atoms with van der Waals surface area (Å²) in [6.45, 7) is 1.88. The van der Waals surface area contributed by atoms with Crippen LogP contribution in [-0.4, -0.2) is 29.7 Å². The van der Waals surface area contributed by atoms with Crippen molar-refractivity contribution < 1.29 is 9.59 Å². The zero-order valence-corrected chi connectivity index (χ0v) is 18.1. The number of rotatable bonds is 9. The molecule has 2 rings (SSSR count). The Bertz CT molecular complexity index is 898. The first-order valence-electron chi connectivity index (χ1n) is 9.37. The summed E-state index contributed by atoms with van der Waals surface area (Å²) in [6, 6.07) is 10.7. The normalized spacial score (nSPS) is 12.7. The summed E-state index contributed by atoms with van der Waals surface area (Å²) in [5.41, 5.74) is 13.7. The minimum Gasteiger partial charge on any atom is -0.384 e. The molecule has 2 aromatic rings. The van der Waals surface area contributed by atoms with Gasteiger partial charge in [0.25, 0.3) is 0 Å². The molecule has 9 heteroatoms. The van der Waals surface area contributed by atoms with Crippen LogP contribution in [0.1, 0.15) is 30.0 Å². The molecule has 0 fully saturated rings. The van der Waals surface area contributed by atoms with E-state index in [4.69, 9.17) is 40.1 Å². The fraction of sp³-hybridized carbons (Fsp3) is 0.286. The Labute approximate surface area is 185 Å². The lowest BCUT2D eigenvalue weighted by atomic mass is 10.0. The van der Waals surface area contributed by atoms with E-state index in [1.807, 2.05) is 0 Å². The SMILES string of the molecule is C[C@H](NC(=O)[C@H](N)CCc1cc(Cl)cc(Cl)c1)C(=O)NCc1ccc(C(=N)N)cc1. The molecule has 160 valence electrons. The maximum absolute atomic E-state index is 12.3. The van der Waals surface area contributed by atoms with E-state index in [0.717, 1.165) is 11.1 Å². The summed E-state index contributed by atoms with van der Waals surface area (Å²) >= 11 is 11.9. The molecule has 0 saturated carbocycles. The summed E-state index contributed by atoms with van der Waals surface area (Å²) in [7, 11) is 0. The average molecular weight is 450 g/mol. The number of carbonyl (C=O) groups excluding carboxylic acids is 2. The molecular weight excluding hydrogens is 425 g/mol. The zero-order chi connectivity index (χ0) is 22.3. The number of benzene rings is 2. The van der Waals surface area contributed by atoms with E-state index < -0.39 is 18.0 Å². The zero-order valence-electron chi connectivity index (χ0n) is 16.5. The summed E-state index contributed by atoms with van der Waals surface area (Å²) in [5.74, 6) is -0.749. The van der Waals surface area contributed by atoms with E-state index in [9.17, 15) is 9.59 Å². The van der Waals surface area contributed by atoms with Crippen LogP contribution in [-0.2, 0) is 22.6 Å². The molecule has 0 spiro atoms. The van der Waals surface area contributed by atoms with Gasteiger partial charge in [0.1, 0.15) is 11.9 Å². The number of nitrogen functional groups attached to an aromatic ring is 1. The Balaban J connectivity index is 1.78. The molecule has 0 aromatic heterocycles. The number of hydrogen-bond acceptors (Lipinski definition) is 4. The molecule has 30 heavy (non-hydrogen) atoms. The highest BCUT2D eigenvalue weighted by molar-refractivity contribution is 6.34. The molecule has 0 aliphatic carbocycles. The second-order valence-electron chi connectivity index (χ2n) is 6.98. The van der Waals surface area contributed by atoms with Crippen molar-refractivity contribution in [2.75, 3.05) is 0 Å². The smallest absolute Gasteiger partial charge is 0.242 e. The van der Waals surface area contributed by atoms with Crippen molar-refractivity contribution in [2.45, 2.75) is 38.4 Å². The molecule has 0 unspecified atom stereocenters. The van der Waals surface area contributed by atoms with Crippen LogP contribution in [0.3, 0.4) is 0 Å². The number of nitrogens with one attached hydrogen (secondary N) is 3. The van der Waals surface area contributed by atoms with Gasteiger partial charge in [-0.25, -0.2) is 0 Å². The summed E-state index contributed by atoms with van der Waals surface area (Å²) < 4.78 is 0. The number of amides is 2. The molecule has 7 nitrogen and oxygen atoms in total. The number of carbonyl (C=O) groups is 2. The van der Waals surface area contributed by atoms with Crippen molar-refractivity contribution in [3.05, 3.63) is 69.2 Å². The van der Waals surface area contributed by atoms with Crippen LogP contribution in [0.5, 0.6) is 0 Å². The maximum atomic E-state index is 12.3. The Hall–Kier alpha value is -2.61. The lowest BCUT2D eigenvalue weighted by molar-refractivity contribution is -0.129. The number of amidine groups is 1. The van der Waals surface area contributed by atoms with Crippen molar-refractivity contribution in [3.63, 3.8) is 0 Å². The highest BCUT2D eigenvalue weighted by atomic mass is 35.5. The van der Waals surface area contributed by atoms with Gasteiger partial charge in [-0.3, -0.25) is 15.0 Å². The van der Waals surface area contributed by atoms with Gasteiger partial charge in [0, 0.05) is 22.2 Å². The number of nitrogens with two attached hydrogens (primary N) is 2. The maximum Gasteiger partial charge on any atom is 0.242 e. The number of halogens is 2. The van der Waals surface area contributed by atoms with Crippen molar-refractivity contribution >= 4 is 40.9 Å². The predicted molar refractivity (Wildman–Crippen MR) is 120 cm³/mol. The van der Waals surface area contributed by atoms with E-state index >= 15 is 0 Å². The molecule has 0 aliphatic rings. The van der Waals surface area contributed by atoms with Gasteiger partial charge < -0.3 is 22.1 Å². The van der Waals surface area contributed by atoms with Crippen molar-refractivity contribution in [2.24, 2.45) is 11.5 Å². The second kappa shape index (κ2) is 11.0. The highest BCUT2D eigenvalue weighted by Gasteiger charge is 2.20. The van der Waals surface area contributed by atoms with Crippen LogP contribution in [0, 0.1) is 5.41 Å². The fourth-order valence-corrected chi connectivity index (χ4v) is 3.31. The topological polar surface area (TPSA) is 134 Å². The van der Waals surface area contributed by atoms with Crippen molar-refractivity contribution in [1.29, 1.82) is 5.41 Å². The van der Waals surface area contributed by atoms with Gasteiger partial charge in [-0.2, -0.15) is 0 Å². The quantitative estimate of drug-likeness (QED) is 0.296. The number of aryl methyl sites for hydroxylation is 1. The largest absolute Gasteiger partial charge is 0.384 e. The molecule has 0 aliphatic heterocycles. The average Bonchev–Trinajstić information content (AvgIpc) is 2.69. The van der Waals surface area contributed by atoms with E-state index in [2.05, 4.69) is 10.6 Å². The Morgan fingerprint density at radius 2 is 1.63 bits per heavy atom. The Morgan fingerprint density at radius 3 is 2.20 bits per heavy atom. The monoisotopic (exact) mass is 449 g/mol. The van der Waals surface area contributed by atoms with Crippen molar-refractivity contribution in [3.8, 4) is 0 Å². The molecule has 0 bridgehead atoms. The third kappa shape index (κ3) is 7.33. The first-order chi connectivity index (χ1) is 14.2. The number of hydrogen-bond donors (Lipinski definition) is 5. The molecular formula is C21H25Cl2N5O2. The third-order valence-electron chi connectivity index (χ3n) is 4.49. The molecule has 2 aromatic carbocycles.